The van der Waals surface area contributed by atoms with Gasteiger partial charge in [0.1, 0.15) is 5.82 Å². The monoisotopic (exact) mass is 349 g/mol. The molecule has 0 atom stereocenters. The summed E-state index contributed by atoms with van der Waals surface area (Å²) in [6.45, 7) is 0.521. The maximum Gasteiger partial charge on any atom is 0.307 e. The van der Waals surface area contributed by atoms with Gasteiger partial charge in [0.25, 0.3) is 0 Å². The number of rotatable bonds is 4. The van der Waals surface area contributed by atoms with E-state index in [9.17, 15) is 17.6 Å². The Morgan fingerprint density at radius 3 is 2.50 bits per heavy atom. The van der Waals surface area contributed by atoms with Gasteiger partial charge in [-0.25, -0.2) is 12.8 Å². The van der Waals surface area contributed by atoms with Crippen molar-refractivity contribution < 1.29 is 22.7 Å². The summed E-state index contributed by atoms with van der Waals surface area (Å²) in [7, 11) is -3.71. The normalized spacial score (nSPS) is 15.0. The van der Waals surface area contributed by atoms with E-state index in [0.717, 1.165) is 23.3 Å². The minimum atomic E-state index is -3.71. The van der Waals surface area contributed by atoms with Crippen LogP contribution in [0.4, 0.5) is 4.39 Å². The molecule has 0 fully saturated rings. The first-order chi connectivity index (χ1) is 11.4. The third-order valence-electron chi connectivity index (χ3n) is 4.05. The molecule has 0 unspecified atom stereocenters. The Balaban J connectivity index is 1.88. The van der Waals surface area contributed by atoms with Crippen LogP contribution >= 0.6 is 0 Å². The summed E-state index contributed by atoms with van der Waals surface area (Å²) in [5.74, 6) is -1.42. The number of fused-ring (bicyclic) bond motifs is 1. The van der Waals surface area contributed by atoms with Crippen LogP contribution in [-0.4, -0.2) is 30.3 Å². The molecule has 1 aliphatic heterocycles. The fourth-order valence-electron chi connectivity index (χ4n) is 2.83. The number of hydrogen-bond acceptors (Lipinski definition) is 3. The minimum absolute atomic E-state index is 0.0500. The van der Waals surface area contributed by atoms with Gasteiger partial charge in [-0.3, -0.25) is 4.79 Å². The van der Waals surface area contributed by atoms with Crippen molar-refractivity contribution in [2.24, 2.45) is 0 Å². The summed E-state index contributed by atoms with van der Waals surface area (Å²) in [4.78, 5) is 10.9. The highest BCUT2D eigenvalue weighted by Gasteiger charge is 2.28. The molecule has 0 saturated carbocycles. The number of hydrogen-bond donors (Lipinski definition) is 1. The molecule has 0 radical (unpaired) electrons. The zero-order valence-electron chi connectivity index (χ0n) is 12.8. The first-order valence-electron chi connectivity index (χ1n) is 7.44. The molecule has 0 aliphatic carbocycles. The molecule has 7 heteroatoms. The van der Waals surface area contributed by atoms with Crippen molar-refractivity contribution in [1.82, 2.24) is 4.31 Å². The second-order valence-corrected chi connectivity index (χ2v) is 7.65. The van der Waals surface area contributed by atoms with Crippen molar-refractivity contribution in [3.63, 3.8) is 0 Å². The smallest absolute Gasteiger partial charge is 0.307 e. The van der Waals surface area contributed by atoms with Crippen LogP contribution in [0.5, 0.6) is 0 Å². The molecule has 24 heavy (non-hydrogen) atoms. The third kappa shape index (κ3) is 3.32. The maximum atomic E-state index is 13.0. The lowest BCUT2D eigenvalue weighted by molar-refractivity contribution is -0.136. The van der Waals surface area contributed by atoms with Crippen LogP contribution < -0.4 is 0 Å². The van der Waals surface area contributed by atoms with Crippen molar-refractivity contribution >= 4 is 16.0 Å². The summed E-state index contributed by atoms with van der Waals surface area (Å²) in [5.41, 5.74) is 2.47. The minimum Gasteiger partial charge on any atom is -0.481 e. The van der Waals surface area contributed by atoms with Gasteiger partial charge in [0.15, 0.2) is 0 Å². The first kappa shape index (κ1) is 16.6. The van der Waals surface area contributed by atoms with E-state index in [1.165, 1.54) is 16.4 Å². The van der Waals surface area contributed by atoms with Crippen molar-refractivity contribution in [2.45, 2.75) is 24.3 Å². The second kappa shape index (κ2) is 6.33. The molecule has 3 rings (SSSR count). The molecule has 0 spiro atoms. The second-order valence-electron chi connectivity index (χ2n) is 5.72. The maximum absolute atomic E-state index is 13.0. The van der Waals surface area contributed by atoms with Crippen LogP contribution in [0.3, 0.4) is 0 Å². The SMILES string of the molecule is O=C(O)Cc1ccc2c(c1)CN(S(=O)(=O)c1ccc(F)cc1)CC2. The van der Waals surface area contributed by atoms with Gasteiger partial charge in [0.2, 0.25) is 10.0 Å². The predicted octanol–water partition coefficient (Wildman–Crippen LogP) is 2.20. The van der Waals surface area contributed by atoms with Gasteiger partial charge >= 0.3 is 5.97 Å². The average molecular weight is 349 g/mol. The van der Waals surface area contributed by atoms with Crippen molar-refractivity contribution in [3.05, 3.63) is 65.0 Å². The molecule has 2 aromatic rings. The Hall–Kier alpha value is -2.25. The van der Waals surface area contributed by atoms with E-state index in [0.29, 0.717) is 18.5 Å². The van der Waals surface area contributed by atoms with Crippen LogP contribution in [0.15, 0.2) is 47.4 Å². The molecule has 1 aliphatic rings. The van der Waals surface area contributed by atoms with Crippen molar-refractivity contribution in [1.29, 1.82) is 0 Å². The number of carbonyl (C=O) groups is 1. The first-order valence-corrected chi connectivity index (χ1v) is 8.88. The third-order valence-corrected chi connectivity index (χ3v) is 5.91. The van der Waals surface area contributed by atoms with Gasteiger partial charge in [-0.05, 0) is 47.4 Å². The Labute approximate surface area is 139 Å². The largest absolute Gasteiger partial charge is 0.481 e. The Kier molecular flexibility index (Phi) is 4.38. The number of sulfonamides is 1. The van der Waals surface area contributed by atoms with Crippen LogP contribution in [-0.2, 0) is 34.2 Å². The predicted molar refractivity (Wildman–Crippen MR) is 85.5 cm³/mol. The summed E-state index contributed by atoms with van der Waals surface area (Å²) in [5, 5.41) is 8.89. The molecule has 1 heterocycles. The zero-order valence-corrected chi connectivity index (χ0v) is 13.6. The number of benzene rings is 2. The highest BCUT2D eigenvalue weighted by molar-refractivity contribution is 7.89. The van der Waals surface area contributed by atoms with Gasteiger partial charge in [-0.2, -0.15) is 4.31 Å². The molecule has 1 N–H and O–H groups in total. The topological polar surface area (TPSA) is 74.7 Å². The summed E-state index contributed by atoms with van der Waals surface area (Å²) in [6, 6.07) is 10.1. The Bertz CT molecular complexity index is 878. The summed E-state index contributed by atoms with van der Waals surface area (Å²) < 4.78 is 39.7. The highest BCUT2D eigenvalue weighted by Crippen LogP contribution is 2.26. The zero-order chi connectivity index (χ0) is 17.3. The molecule has 5 nitrogen and oxygen atoms in total. The van der Waals surface area contributed by atoms with E-state index < -0.39 is 21.8 Å². The Morgan fingerprint density at radius 2 is 1.83 bits per heavy atom. The molecule has 0 amide bonds. The molecule has 0 saturated heterocycles. The Morgan fingerprint density at radius 1 is 1.12 bits per heavy atom. The van der Waals surface area contributed by atoms with Gasteiger partial charge in [0, 0.05) is 13.1 Å². The lowest BCUT2D eigenvalue weighted by atomic mass is 9.97. The number of nitrogens with zero attached hydrogens (tertiary/aromatic N) is 1. The number of carboxylic acid groups (broad SMARTS) is 1. The van der Waals surface area contributed by atoms with Gasteiger partial charge < -0.3 is 5.11 Å². The molecule has 0 bridgehead atoms. The van der Waals surface area contributed by atoms with Crippen LogP contribution in [0, 0.1) is 5.82 Å². The molecular weight excluding hydrogens is 333 g/mol. The highest BCUT2D eigenvalue weighted by atomic mass is 32.2. The summed E-state index contributed by atoms with van der Waals surface area (Å²) >= 11 is 0. The molecule has 2 aromatic carbocycles. The lowest BCUT2D eigenvalue weighted by Gasteiger charge is -2.28. The fraction of sp³-hybridized carbons (Fsp3) is 0.235. The quantitative estimate of drug-likeness (QED) is 0.918. The molecule has 126 valence electrons. The van der Waals surface area contributed by atoms with Crippen LogP contribution in [0.1, 0.15) is 16.7 Å². The van der Waals surface area contributed by atoms with Crippen LogP contribution in [0.2, 0.25) is 0 Å². The average Bonchev–Trinajstić information content (AvgIpc) is 2.54. The van der Waals surface area contributed by atoms with Crippen molar-refractivity contribution in [3.8, 4) is 0 Å². The van der Waals surface area contributed by atoms with Gasteiger partial charge in [0.05, 0.1) is 11.3 Å². The van der Waals surface area contributed by atoms with Crippen LogP contribution in [0.25, 0.3) is 0 Å². The van der Waals surface area contributed by atoms with Crippen molar-refractivity contribution in [2.75, 3.05) is 6.54 Å². The van der Waals surface area contributed by atoms with E-state index in [1.54, 1.807) is 12.1 Å². The standard InChI is InChI=1S/C17H16FNO4S/c18-15-3-5-16(6-4-15)24(22,23)19-8-7-13-2-1-12(10-17(20)21)9-14(13)11-19/h1-6,9H,7-8,10-11H2,(H,20,21). The van der Waals surface area contributed by atoms with E-state index in [1.807, 2.05) is 6.07 Å². The van der Waals surface area contributed by atoms with Gasteiger partial charge in [-0.15, -0.1) is 0 Å². The van der Waals surface area contributed by atoms with E-state index in [4.69, 9.17) is 5.11 Å². The summed E-state index contributed by atoms with van der Waals surface area (Å²) in [6.07, 6.45) is 0.459. The van der Waals surface area contributed by atoms with E-state index in [-0.39, 0.29) is 17.9 Å². The van der Waals surface area contributed by atoms with E-state index >= 15 is 0 Å². The number of aliphatic carboxylic acids is 1. The molecular formula is C17H16FNO4S. The molecule has 0 aromatic heterocycles. The van der Waals surface area contributed by atoms with Gasteiger partial charge in [-0.1, -0.05) is 18.2 Å². The number of halogens is 1. The number of carboxylic acids is 1. The van der Waals surface area contributed by atoms with E-state index in [2.05, 4.69) is 0 Å². The lowest BCUT2D eigenvalue weighted by Crippen LogP contribution is -2.36. The fourth-order valence-corrected chi connectivity index (χ4v) is 4.25.